The molecule has 0 unspecified atom stereocenters. The third-order valence-corrected chi connectivity index (χ3v) is 5.26. The third-order valence-electron chi connectivity index (χ3n) is 3.53. The second-order valence-electron chi connectivity index (χ2n) is 5.32. The van der Waals surface area contributed by atoms with Crippen LogP contribution in [0.15, 0.2) is 29.2 Å². The summed E-state index contributed by atoms with van der Waals surface area (Å²) in [6.45, 7) is 3.10. The zero-order chi connectivity index (χ0) is 15.3. The van der Waals surface area contributed by atoms with Gasteiger partial charge in [0.1, 0.15) is 0 Å². The number of amides is 1. The molecule has 1 amide bonds. The van der Waals surface area contributed by atoms with Crippen molar-refractivity contribution < 1.29 is 17.9 Å². The van der Waals surface area contributed by atoms with Gasteiger partial charge >= 0.3 is 0 Å². The van der Waals surface area contributed by atoms with Gasteiger partial charge in [-0.3, -0.25) is 4.79 Å². The summed E-state index contributed by atoms with van der Waals surface area (Å²) in [6.07, 6.45) is 2.01. The Kier molecular flexibility index (Phi) is 5.36. The minimum atomic E-state index is -3.40. The number of rotatable bonds is 6. The first kappa shape index (κ1) is 16.0. The van der Waals surface area contributed by atoms with Crippen LogP contribution in [0.4, 0.5) is 0 Å². The Morgan fingerprint density at radius 3 is 2.67 bits per heavy atom. The van der Waals surface area contributed by atoms with E-state index in [1.54, 1.807) is 24.3 Å². The second kappa shape index (κ2) is 7.04. The molecule has 2 rings (SSSR count). The average Bonchev–Trinajstić information content (AvgIpc) is 2.97. The van der Waals surface area contributed by atoms with Gasteiger partial charge in [-0.15, -0.1) is 0 Å². The summed E-state index contributed by atoms with van der Waals surface area (Å²) >= 11 is 0. The molecule has 1 N–H and O–H groups in total. The Labute approximate surface area is 125 Å². The lowest BCUT2D eigenvalue weighted by molar-refractivity contribution is -0.121. The standard InChI is InChI=1S/C15H21NO4S/c1-12-4-6-14(7-5-12)21(18,19)10-8-15(17)16-11-13-3-2-9-20-13/h4-7,13H,2-3,8-11H2,1H3,(H,16,17)/t13-/m1/s1. The van der Waals surface area contributed by atoms with E-state index in [2.05, 4.69) is 5.32 Å². The first-order valence-corrected chi connectivity index (χ1v) is 8.80. The highest BCUT2D eigenvalue weighted by molar-refractivity contribution is 7.91. The van der Waals surface area contributed by atoms with Crippen LogP contribution >= 0.6 is 0 Å². The van der Waals surface area contributed by atoms with E-state index in [9.17, 15) is 13.2 Å². The fourth-order valence-electron chi connectivity index (χ4n) is 2.21. The molecule has 1 aromatic carbocycles. The number of aryl methyl sites for hydroxylation is 1. The number of nitrogens with one attached hydrogen (secondary N) is 1. The quantitative estimate of drug-likeness (QED) is 0.863. The molecule has 1 heterocycles. The molecule has 1 atom stereocenters. The van der Waals surface area contributed by atoms with Gasteiger partial charge in [0.2, 0.25) is 5.91 Å². The van der Waals surface area contributed by atoms with E-state index >= 15 is 0 Å². The van der Waals surface area contributed by atoms with E-state index in [1.807, 2.05) is 6.92 Å². The number of hydrogen-bond donors (Lipinski definition) is 1. The lowest BCUT2D eigenvalue weighted by atomic mass is 10.2. The van der Waals surface area contributed by atoms with Crippen LogP contribution in [-0.4, -0.2) is 39.3 Å². The zero-order valence-electron chi connectivity index (χ0n) is 12.2. The van der Waals surface area contributed by atoms with Crippen molar-refractivity contribution in [1.82, 2.24) is 5.32 Å². The Balaban J connectivity index is 1.80. The van der Waals surface area contributed by atoms with Crippen molar-refractivity contribution in [2.75, 3.05) is 18.9 Å². The normalized spacial score (nSPS) is 18.6. The highest BCUT2D eigenvalue weighted by Crippen LogP contribution is 2.13. The predicted molar refractivity (Wildman–Crippen MR) is 79.8 cm³/mol. The molecule has 1 aliphatic heterocycles. The van der Waals surface area contributed by atoms with Gasteiger partial charge < -0.3 is 10.1 Å². The minimum absolute atomic E-state index is 0.0249. The monoisotopic (exact) mass is 311 g/mol. The highest BCUT2D eigenvalue weighted by atomic mass is 32.2. The molecular weight excluding hydrogens is 290 g/mol. The molecule has 0 radical (unpaired) electrons. The zero-order valence-corrected chi connectivity index (χ0v) is 13.0. The molecule has 1 aliphatic rings. The van der Waals surface area contributed by atoms with E-state index < -0.39 is 9.84 Å². The SMILES string of the molecule is Cc1ccc(S(=O)(=O)CCC(=O)NC[C@H]2CCCO2)cc1. The number of hydrogen-bond acceptors (Lipinski definition) is 4. The molecule has 5 nitrogen and oxygen atoms in total. The van der Waals surface area contributed by atoms with Crippen LogP contribution in [-0.2, 0) is 19.4 Å². The molecule has 0 aliphatic carbocycles. The number of carbonyl (C=O) groups excluding carboxylic acids is 1. The van der Waals surface area contributed by atoms with Crippen molar-refractivity contribution in [2.24, 2.45) is 0 Å². The van der Waals surface area contributed by atoms with Crippen molar-refractivity contribution in [1.29, 1.82) is 0 Å². The highest BCUT2D eigenvalue weighted by Gasteiger charge is 2.18. The molecule has 21 heavy (non-hydrogen) atoms. The van der Waals surface area contributed by atoms with E-state index in [4.69, 9.17) is 4.74 Å². The van der Waals surface area contributed by atoms with Crippen LogP contribution in [0.3, 0.4) is 0 Å². The van der Waals surface area contributed by atoms with Gasteiger partial charge in [-0.2, -0.15) is 0 Å². The van der Waals surface area contributed by atoms with E-state index in [1.165, 1.54) is 0 Å². The largest absolute Gasteiger partial charge is 0.376 e. The van der Waals surface area contributed by atoms with Crippen LogP contribution in [0.5, 0.6) is 0 Å². The Bertz CT molecular complexity index is 574. The van der Waals surface area contributed by atoms with E-state index in [-0.39, 0.29) is 29.1 Å². The van der Waals surface area contributed by atoms with Crippen LogP contribution in [0, 0.1) is 6.92 Å². The number of benzene rings is 1. The topological polar surface area (TPSA) is 72.5 Å². The van der Waals surface area contributed by atoms with Crippen molar-refractivity contribution in [3.8, 4) is 0 Å². The molecule has 1 fully saturated rings. The van der Waals surface area contributed by atoms with Crippen LogP contribution in [0.25, 0.3) is 0 Å². The number of carbonyl (C=O) groups is 1. The number of ether oxygens (including phenoxy) is 1. The first-order valence-electron chi connectivity index (χ1n) is 7.15. The van der Waals surface area contributed by atoms with Gasteiger partial charge in [0, 0.05) is 19.6 Å². The fourth-order valence-corrected chi connectivity index (χ4v) is 3.45. The van der Waals surface area contributed by atoms with Crippen LogP contribution < -0.4 is 5.32 Å². The summed E-state index contributed by atoms with van der Waals surface area (Å²) in [6, 6.07) is 6.67. The van der Waals surface area contributed by atoms with Crippen LogP contribution in [0.1, 0.15) is 24.8 Å². The maximum atomic E-state index is 12.1. The van der Waals surface area contributed by atoms with Gasteiger partial charge in [-0.25, -0.2) is 8.42 Å². The summed E-state index contributed by atoms with van der Waals surface area (Å²) in [4.78, 5) is 12.0. The van der Waals surface area contributed by atoms with Crippen molar-refractivity contribution >= 4 is 15.7 Å². The smallest absolute Gasteiger partial charge is 0.221 e. The molecule has 0 saturated carbocycles. The Morgan fingerprint density at radius 2 is 2.05 bits per heavy atom. The van der Waals surface area contributed by atoms with Gasteiger partial charge in [0.15, 0.2) is 9.84 Å². The minimum Gasteiger partial charge on any atom is -0.376 e. The molecule has 0 aromatic heterocycles. The Hall–Kier alpha value is -1.40. The lowest BCUT2D eigenvalue weighted by Crippen LogP contribution is -2.32. The molecule has 116 valence electrons. The van der Waals surface area contributed by atoms with Crippen LogP contribution in [0.2, 0.25) is 0 Å². The van der Waals surface area contributed by atoms with Gasteiger partial charge in [0.05, 0.1) is 16.8 Å². The fraction of sp³-hybridized carbons (Fsp3) is 0.533. The molecule has 0 bridgehead atoms. The average molecular weight is 311 g/mol. The predicted octanol–water partition coefficient (Wildman–Crippen LogP) is 1.45. The summed E-state index contributed by atoms with van der Waals surface area (Å²) < 4.78 is 29.6. The Morgan fingerprint density at radius 1 is 1.33 bits per heavy atom. The summed E-state index contributed by atoms with van der Waals surface area (Å²) in [5.74, 6) is -0.422. The second-order valence-corrected chi connectivity index (χ2v) is 7.43. The maximum Gasteiger partial charge on any atom is 0.221 e. The van der Waals surface area contributed by atoms with E-state index in [0.717, 1.165) is 25.0 Å². The van der Waals surface area contributed by atoms with Gasteiger partial charge in [-0.05, 0) is 31.9 Å². The lowest BCUT2D eigenvalue weighted by Gasteiger charge is -2.11. The maximum absolute atomic E-state index is 12.1. The van der Waals surface area contributed by atoms with Gasteiger partial charge in [0.25, 0.3) is 0 Å². The van der Waals surface area contributed by atoms with Crippen molar-refractivity contribution in [3.63, 3.8) is 0 Å². The van der Waals surface area contributed by atoms with Crippen molar-refractivity contribution in [3.05, 3.63) is 29.8 Å². The summed E-state index contributed by atoms with van der Waals surface area (Å²) in [5.41, 5.74) is 1.00. The number of sulfone groups is 1. The molecular formula is C15H21NO4S. The molecule has 0 spiro atoms. The van der Waals surface area contributed by atoms with Crippen molar-refractivity contribution in [2.45, 2.75) is 37.2 Å². The van der Waals surface area contributed by atoms with E-state index in [0.29, 0.717) is 6.54 Å². The first-order chi connectivity index (χ1) is 9.97. The summed E-state index contributed by atoms with van der Waals surface area (Å²) in [5, 5.41) is 2.73. The molecule has 1 saturated heterocycles. The third kappa shape index (κ3) is 4.82. The van der Waals surface area contributed by atoms with Gasteiger partial charge in [-0.1, -0.05) is 17.7 Å². The molecule has 6 heteroatoms. The molecule has 1 aromatic rings. The summed E-state index contributed by atoms with van der Waals surface area (Å²) in [7, 11) is -3.40.